The lowest BCUT2D eigenvalue weighted by molar-refractivity contribution is 0.0784. The summed E-state index contributed by atoms with van der Waals surface area (Å²) < 4.78 is 22.6. The molecule has 1 fully saturated rings. The second-order valence-electron chi connectivity index (χ2n) is 4.67. The summed E-state index contributed by atoms with van der Waals surface area (Å²) in [6.07, 6.45) is 2.02. The fourth-order valence-corrected chi connectivity index (χ4v) is 2.37. The predicted molar refractivity (Wildman–Crippen MR) is 67.7 cm³/mol. The number of rotatable bonds is 3. The quantitative estimate of drug-likeness (QED) is 0.883. The molecule has 0 bridgehead atoms. The number of hydrogen-bond acceptors (Lipinski definition) is 3. The molecule has 0 unspecified atom stereocenters. The van der Waals surface area contributed by atoms with Crippen molar-refractivity contribution in [1.82, 2.24) is 4.90 Å². The van der Waals surface area contributed by atoms with Crippen LogP contribution in [0.25, 0.3) is 0 Å². The van der Waals surface area contributed by atoms with Gasteiger partial charge in [0, 0.05) is 18.7 Å². The molecule has 6 heteroatoms. The Bertz CT molecular complexity index is 591. The van der Waals surface area contributed by atoms with Crippen molar-refractivity contribution in [2.45, 2.75) is 30.7 Å². The number of sulfonamides is 1. The first-order valence-corrected chi connectivity index (χ1v) is 7.26. The van der Waals surface area contributed by atoms with Gasteiger partial charge in [0.15, 0.2) is 0 Å². The van der Waals surface area contributed by atoms with Crippen LogP contribution in [-0.4, -0.2) is 32.3 Å². The molecule has 0 radical (unpaired) electrons. The van der Waals surface area contributed by atoms with Crippen LogP contribution in [0.15, 0.2) is 23.1 Å². The maximum atomic E-state index is 12.2. The lowest BCUT2D eigenvalue weighted by atomic mass is 10.1. The first-order valence-electron chi connectivity index (χ1n) is 5.71. The maximum Gasteiger partial charge on any atom is 0.254 e. The minimum absolute atomic E-state index is 0.0272. The molecule has 1 amide bonds. The Morgan fingerprint density at radius 1 is 1.39 bits per heavy atom. The summed E-state index contributed by atoms with van der Waals surface area (Å²) in [7, 11) is -2.04. The average Bonchev–Trinajstić information content (AvgIpc) is 3.10. The van der Waals surface area contributed by atoms with E-state index in [9.17, 15) is 13.2 Å². The Balaban J connectivity index is 2.40. The summed E-state index contributed by atoms with van der Waals surface area (Å²) in [5, 5.41) is 5.07. The number of primary sulfonamides is 1. The number of benzene rings is 1. The summed E-state index contributed by atoms with van der Waals surface area (Å²) >= 11 is 0. The predicted octanol–water partition coefficient (Wildman–Crippen LogP) is 0.877. The third-order valence-corrected chi connectivity index (χ3v) is 4.09. The lowest BCUT2D eigenvalue weighted by Gasteiger charge is -2.18. The first kappa shape index (κ1) is 13.0. The molecule has 0 spiro atoms. The maximum absolute atomic E-state index is 12.2. The van der Waals surface area contributed by atoms with E-state index in [-0.39, 0.29) is 16.8 Å². The molecule has 98 valence electrons. The summed E-state index contributed by atoms with van der Waals surface area (Å²) in [6.45, 7) is 1.78. The Hall–Kier alpha value is -1.40. The topological polar surface area (TPSA) is 80.5 Å². The molecule has 2 rings (SSSR count). The molecule has 1 saturated carbocycles. The molecule has 2 N–H and O–H groups in total. The minimum atomic E-state index is -3.78. The zero-order valence-electron chi connectivity index (χ0n) is 10.4. The van der Waals surface area contributed by atoms with Gasteiger partial charge < -0.3 is 4.90 Å². The number of hydrogen-bond donors (Lipinski definition) is 1. The van der Waals surface area contributed by atoms with Gasteiger partial charge in [0.05, 0.1) is 4.90 Å². The molecule has 0 atom stereocenters. The van der Waals surface area contributed by atoms with E-state index >= 15 is 0 Å². The van der Waals surface area contributed by atoms with Crippen molar-refractivity contribution in [2.24, 2.45) is 5.14 Å². The molecule has 0 aromatic heterocycles. The Morgan fingerprint density at radius 3 is 2.50 bits per heavy atom. The number of aryl methyl sites for hydroxylation is 1. The van der Waals surface area contributed by atoms with Crippen molar-refractivity contribution in [3.63, 3.8) is 0 Å². The fourth-order valence-electron chi connectivity index (χ4n) is 1.83. The molecule has 0 heterocycles. The molecule has 0 saturated heterocycles. The Morgan fingerprint density at radius 2 is 2.00 bits per heavy atom. The molecular weight excluding hydrogens is 252 g/mol. The molecule has 18 heavy (non-hydrogen) atoms. The van der Waals surface area contributed by atoms with Gasteiger partial charge in [0.1, 0.15) is 0 Å². The van der Waals surface area contributed by atoms with Crippen LogP contribution in [0.5, 0.6) is 0 Å². The van der Waals surface area contributed by atoms with Crippen LogP contribution in [0.4, 0.5) is 0 Å². The van der Waals surface area contributed by atoms with Crippen molar-refractivity contribution in [2.75, 3.05) is 7.05 Å². The summed E-state index contributed by atoms with van der Waals surface area (Å²) in [5.41, 5.74) is 1.15. The van der Waals surface area contributed by atoms with Gasteiger partial charge in [-0.2, -0.15) is 0 Å². The summed E-state index contributed by atoms with van der Waals surface area (Å²) in [5.74, 6) is -0.152. The van der Waals surface area contributed by atoms with Gasteiger partial charge in [0.25, 0.3) is 5.91 Å². The van der Waals surface area contributed by atoms with Crippen LogP contribution in [-0.2, 0) is 10.0 Å². The molecule has 0 aliphatic heterocycles. The van der Waals surface area contributed by atoms with Crippen molar-refractivity contribution >= 4 is 15.9 Å². The first-order chi connectivity index (χ1) is 8.30. The highest BCUT2D eigenvalue weighted by Crippen LogP contribution is 2.27. The summed E-state index contributed by atoms with van der Waals surface area (Å²) in [4.78, 5) is 13.9. The van der Waals surface area contributed by atoms with Gasteiger partial charge in [-0.3, -0.25) is 4.79 Å². The molecule has 5 nitrogen and oxygen atoms in total. The van der Waals surface area contributed by atoms with Gasteiger partial charge in [-0.1, -0.05) is 6.07 Å². The number of carbonyl (C=O) groups excluding carboxylic acids is 1. The van der Waals surface area contributed by atoms with E-state index in [0.29, 0.717) is 5.56 Å². The van der Waals surface area contributed by atoms with Gasteiger partial charge in [-0.05, 0) is 37.5 Å². The van der Waals surface area contributed by atoms with Crippen LogP contribution in [0.2, 0.25) is 0 Å². The lowest BCUT2D eigenvalue weighted by Crippen LogP contribution is -2.29. The molecular formula is C12H16N2O3S. The molecule has 1 aromatic carbocycles. The van der Waals surface area contributed by atoms with Crippen LogP contribution < -0.4 is 5.14 Å². The van der Waals surface area contributed by atoms with Crippen molar-refractivity contribution < 1.29 is 13.2 Å². The largest absolute Gasteiger partial charge is 0.339 e. The zero-order chi connectivity index (χ0) is 13.5. The van der Waals surface area contributed by atoms with E-state index in [0.717, 1.165) is 18.4 Å². The van der Waals surface area contributed by atoms with Crippen molar-refractivity contribution in [1.29, 1.82) is 0 Å². The van der Waals surface area contributed by atoms with E-state index < -0.39 is 10.0 Å². The van der Waals surface area contributed by atoms with Crippen molar-refractivity contribution in [3.05, 3.63) is 29.3 Å². The fraction of sp³-hybridized carbons (Fsp3) is 0.417. The number of nitrogens with zero attached hydrogens (tertiary/aromatic N) is 1. The SMILES string of the molecule is Cc1ccc(S(N)(=O)=O)cc1C(=O)N(C)C1CC1. The van der Waals surface area contributed by atoms with Crippen LogP contribution in [0, 0.1) is 6.92 Å². The van der Waals surface area contributed by atoms with Gasteiger partial charge in [0.2, 0.25) is 10.0 Å². The third-order valence-electron chi connectivity index (χ3n) is 3.18. The molecule has 1 aliphatic rings. The Labute approximate surface area is 107 Å². The van der Waals surface area contributed by atoms with Gasteiger partial charge in [-0.15, -0.1) is 0 Å². The average molecular weight is 268 g/mol. The second kappa shape index (κ2) is 4.37. The minimum Gasteiger partial charge on any atom is -0.339 e. The van der Waals surface area contributed by atoms with Crippen molar-refractivity contribution in [3.8, 4) is 0 Å². The highest BCUT2D eigenvalue weighted by Gasteiger charge is 2.30. The van der Waals surface area contributed by atoms with Crippen LogP contribution in [0.3, 0.4) is 0 Å². The number of carbonyl (C=O) groups is 1. The molecule has 1 aromatic rings. The standard InChI is InChI=1S/C12H16N2O3S/c1-8-3-6-10(18(13,16)17)7-11(8)12(15)14(2)9-4-5-9/h3,6-7,9H,4-5H2,1-2H3,(H2,13,16,17). The normalized spacial score (nSPS) is 15.5. The van der Waals surface area contributed by atoms with Crippen LogP contribution >= 0.6 is 0 Å². The Kier molecular flexibility index (Phi) is 3.16. The van der Waals surface area contributed by atoms with Crippen LogP contribution in [0.1, 0.15) is 28.8 Å². The van der Waals surface area contributed by atoms with E-state index in [1.165, 1.54) is 12.1 Å². The molecule has 1 aliphatic carbocycles. The highest BCUT2D eigenvalue weighted by molar-refractivity contribution is 7.89. The van der Waals surface area contributed by atoms with Gasteiger partial charge >= 0.3 is 0 Å². The van der Waals surface area contributed by atoms with E-state index in [4.69, 9.17) is 5.14 Å². The highest BCUT2D eigenvalue weighted by atomic mass is 32.2. The number of amides is 1. The summed E-state index contributed by atoms with van der Waals surface area (Å²) in [6, 6.07) is 4.66. The van der Waals surface area contributed by atoms with E-state index in [1.54, 1.807) is 24.9 Å². The smallest absolute Gasteiger partial charge is 0.254 e. The van der Waals surface area contributed by atoms with E-state index in [2.05, 4.69) is 0 Å². The zero-order valence-corrected chi connectivity index (χ0v) is 11.2. The van der Waals surface area contributed by atoms with E-state index in [1.807, 2.05) is 0 Å². The number of nitrogens with two attached hydrogens (primary N) is 1. The monoisotopic (exact) mass is 268 g/mol. The second-order valence-corrected chi connectivity index (χ2v) is 6.23. The van der Waals surface area contributed by atoms with Gasteiger partial charge in [-0.25, -0.2) is 13.6 Å². The third kappa shape index (κ3) is 2.54.